The predicted octanol–water partition coefficient (Wildman–Crippen LogP) is 4.05. The van der Waals surface area contributed by atoms with Crippen molar-refractivity contribution < 1.29 is 13.6 Å². The van der Waals surface area contributed by atoms with Crippen LogP contribution in [0.25, 0.3) is 11.3 Å². The maximum Gasteiger partial charge on any atom is 0.254 e. The molecule has 1 aliphatic rings. The normalized spacial score (nSPS) is 15.0. The molecule has 0 spiro atoms. The molecule has 7 heteroatoms. The van der Waals surface area contributed by atoms with Crippen LogP contribution in [0.2, 0.25) is 0 Å². The molecule has 0 radical (unpaired) electrons. The fourth-order valence-electron chi connectivity index (χ4n) is 3.24. The van der Waals surface area contributed by atoms with Crippen LogP contribution in [0.5, 0.6) is 0 Å². The van der Waals surface area contributed by atoms with Crippen LogP contribution in [0.4, 0.5) is 8.78 Å². The lowest BCUT2D eigenvalue weighted by atomic mass is 10.1. The quantitative estimate of drug-likeness (QED) is 0.664. The molecule has 0 unspecified atom stereocenters. The van der Waals surface area contributed by atoms with Gasteiger partial charge < -0.3 is 4.90 Å². The highest BCUT2D eigenvalue weighted by Gasteiger charge is 2.23. The van der Waals surface area contributed by atoms with Crippen molar-refractivity contribution in [3.63, 3.8) is 0 Å². The first-order valence-electron chi connectivity index (χ1n) is 9.06. The molecule has 1 aromatic heterocycles. The number of halogens is 2. The van der Waals surface area contributed by atoms with E-state index in [2.05, 4.69) is 10.3 Å². The molecule has 2 heterocycles. The Morgan fingerprint density at radius 3 is 2.46 bits per heavy atom. The minimum atomic E-state index is -0.998. The molecule has 4 nitrogen and oxygen atoms in total. The van der Waals surface area contributed by atoms with E-state index in [1.165, 1.54) is 6.07 Å². The number of rotatable bonds is 4. The summed E-state index contributed by atoms with van der Waals surface area (Å²) in [7, 11) is 0. The van der Waals surface area contributed by atoms with E-state index >= 15 is 0 Å². The van der Waals surface area contributed by atoms with E-state index in [1.807, 2.05) is 30.3 Å². The highest BCUT2D eigenvalue weighted by Crippen LogP contribution is 2.23. The van der Waals surface area contributed by atoms with Gasteiger partial charge in [0.1, 0.15) is 5.01 Å². The number of thiazole rings is 1. The van der Waals surface area contributed by atoms with Gasteiger partial charge in [0.2, 0.25) is 0 Å². The van der Waals surface area contributed by atoms with E-state index in [1.54, 1.807) is 16.2 Å². The van der Waals surface area contributed by atoms with Gasteiger partial charge in [-0.25, -0.2) is 13.8 Å². The summed E-state index contributed by atoms with van der Waals surface area (Å²) in [5.74, 6) is -2.21. The van der Waals surface area contributed by atoms with Crippen molar-refractivity contribution in [3.8, 4) is 11.3 Å². The number of nitrogens with zero attached hydrogens (tertiary/aromatic N) is 3. The fourth-order valence-corrected chi connectivity index (χ4v) is 4.08. The first kappa shape index (κ1) is 18.7. The lowest BCUT2D eigenvalue weighted by molar-refractivity contribution is 0.0628. The Morgan fingerprint density at radius 2 is 1.75 bits per heavy atom. The zero-order valence-electron chi connectivity index (χ0n) is 15.1. The molecule has 3 aromatic rings. The molecular weight excluding hydrogens is 380 g/mol. The van der Waals surface area contributed by atoms with E-state index in [4.69, 9.17) is 4.98 Å². The Kier molecular flexibility index (Phi) is 5.45. The number of aromatic nitrogens is 1. The van der Waals surface area contributed by atoms with Crippen molar-refractivity contribution in [3.05, 3.63) is 76.1 Å². The van der Waals surface area contributed by atoms with Gasteiger partial charge in [0.25, 0.3) is 5.91 Å². The number of carbonyl (C=O) groups excluding carboxylic acids is 1. The molecule has 144 valence electrons. The highest BCUT2D eigenvalue weighted by atomic mass is 32.1. The minimum absolute atomic E-state index is 0.180. The largest absolute Gasteiger partial charge is 0.336 e. The molecule has 0 saturated carbocycles. The van der Waals surface area contributed by atoms with Crippen molar-refractivity contribution in [2.45, 2.75) is 6.54 Å². The van der Waals surface area contributed by atoms with Gasteiger partial charge in [0, 0.05) is 42.7 Å². The van der Waals surface area contributed by atoms with E-state index < -0.39 is 11.6 Å². The monoisotopic (exact) mass is 399 g/mol. The predicted molar refractivity (Wildman–Crippen MR) is 105 cm³/mol. The van der Waals surface area contributed by atoms with E-state index in [-0.39, 0.29) is 11.5 Å². The van der Waals surface area contributed by atoms with Crippen LogP contribution in [0.1, 0.15) is 15.4 Å². The van der Waals surface area contributed by atoms with Crippen molar-refractivity contribution in [1.29, 1.82) is 0 Å². The van der Waals surface area contributed by atoms with E-state index in [0.29, 0.717) is 13.1 Å². The first-order valence-corrected chi connectivity index (χ1v) is 9.94. The lowest BCUT2D eigenvalue weighted by Crippen LogP contribution is -2.48. The standard InChI is InChI=1S/C21H19F2N3OS/c22-17-7-6-16(12-18(17)23)21(27)26-10-8-25(9-11-26)13-20-24-19(14-28-20)15-4-2-1-3-5-15/h1-7,12,14H,8-11,13H2. The van der Waals surface area contributed by atoms with Crippen LogP contribution in [0.3, 0.4) is 0 Å². The van der Waals surface area contributed by atoms with Gasteiger partial charge in [0.15, 0.2) is 11.6 Å². The van der Waals surface area contributed by atoms with Gasteiger partial charge in [-0.2, -0.15) is 0 Å². The van der Waals surface area contributed by atoms with Crippen LogP contribution in [-0.2, 0) is 6.54 Å². The lowest BCUT2D eigenvalue weighted by Gasteiger charge is -2.34. The Morgan fingerprint density at radius 1 is 1.00 bits per heavy atom. The summed E-state index contributed by atoms with van der Waals surface area (Å²) in [6, 6.07) is 13.3. The third-order valence-electron chi connectivity index (χ3n) is 4.81. The topological polar surface area (TPSA) is 36.4 Å². The average Bonchev–Trinajstić information content (AvgIpc) is 3.19. The summed E-state index contributed by atoms with van der Waals surface area (Å²) < 4.78 is 26.4. The minimum Gasteiger partial charge on any atom is -0.336 e. The molecule has 4 rings (SSSR count). The molecule has 0 bridgehead atoms. The third kappa shape index (κ3) is 4.10. The van der Waals surface area contributed by atoms with Crippen LogP contribution in [0.15, 0.2) is 53.9 Å². The Balaban J connectivity index is 1.34. The first-order chi connectivity index (χ1) is 13.6. The third-order valence-corrected chi connectivity index (χ3v) is 5.64. The summed E-state index contributed by atoms with van der Waals surface area (Å²) >= 11 is 1.63. The van der Waals surface area contributed by atoms with E-state index in [9.17, 15) is 13.6 Å². The highest BCUT2D eigenvalue weighted by molar-refractivity contribution is 7.09. The zero-order valence-corrected chi connectivity index (χ0v) is 16.0. The second-order valence-electron chi connectivity index (χ2n) is 6.69. The smallest absolute Gasteiger partial charge is 0.254 e. The van der Waals surface area contributed by atoms with Gasteiger partial charge in [0.05, 0.1) is 12.2 Å². The van der Waals surface area contributed by atoms with Gasteiger partial charge in [-0.15, -0.1) is 11.3 Å². The van der Waals surface area contributed by atoms with Crippen LogP contribution < -0.4 is 0 Å². The number of hydrogen-bond acceptors (Lipinski definition) is 4. The van der Waals surface area contributed by atoms with Crippen LogP contribution >= 0.6 is 11.3 Å². The van der Waals surface area contributed by atoms with Gasteiger partial charge in [-0.1, -0.05) is 30.3 Å². The molecule has 0 atom stereocenters. The Labute approximate surface area is 166 Å². The van der Waals surface area contributed by atoms with Crippen molar-refractivity contribution in [2.24, 2.45) is 0 Å². The molecule has 1 saturated heterocycles. The Bertz CT molecular complexity index is 969. The van der Waals surface area contributed by atoms with Crippen molar-refractivity contribution >= 4 is 17.2 Å². The zero-order chi connectivity index (χ0) is 19.5. The maximum absolute atomic E-state index is 13.4. The fraction of sp³-hybridized carbons (Fsp3) is 0.238. The summed E-state index contributed by atoms with van der Waals surface area (Å²) in [4.78, 5) is 21.1. The second kappa shape index (κ2) is 8.16. The van der Waals surface area contributed by atoms with Crippen molar-refractivity contribution in [2.75, 3.05) is 26.2 Å². The molecule has 1 aliphatic heterocycles. The number of carbonyl (C=O) groups is 1. The number of piperazine rings is 1. The van der Waals surface area contributed by atoms with Gasteiger partial charge in [-0.05, 0) is 18.2 Å². The van der Waals surface area contributed by atoms with Gasteiger partial charge in [-0.3, -0.25) is 9.69 Å². The summed E-state index contributed by atoms with van der Waals surface area (Å²) in [6.45, 7) is 3.28. The van der Waals surface area contributed by atoms with E-state index in [0.717, 1.165) is 48.0 Å². The SMILES string of the molecule is O=C(c1ccc(F)c(F)c1)N1CCN(Cc2nc(-c3ccccc3)cs2)CC1. The molecule has 1 amide bonds. The number of hydrogen-bond donors (Lipinski definition) is 0. The molecule has 2 aromatic carbocycles. The summed E-state index contributed by atoms with van der Waals surface area (Å²) in [5.41, 5.74) is 2.26. The molecule has 1 fully saturated rings. The number of amides is 1. The number of benzene rings is 2. The Hall–Kier alpha value is -2.64. The van der Waals surface area contributed by atoms with Crippen LogP contribution in [0, 0.1) is 11.6 Å². The average molecular weight is 399 g/mol. The molecule has 0 N–H and O–H groups in total. The molecular formula is C21H19F2N3OS. The summed E-state index contributed by atoms with van der Waals surface area (Å²) in [6.07, 6.45) is 0. The second-order valence-corrected chi connectivity index (χ2v) is 7.63. The molecule has 28 heavy (non-hydrogen) atoms. The van der Waals surface area contributed by atoms with Crippen molar-refractivity contribution in [1.82, 2.24) is 14.8 Å². The summed E-state index contributed by atoms with van der Waals surface area (Å²) in [5, 5.41) is 3.10. The molecule has 0 aliphatic carbocycles. The van der Waals surface area contributed by atoms with Crippen LogP contribution in [-0.4, -0.2) is 46.9 Å². The maximum atomic E-state index is 13.4. The van der Waals surface area contributed by atoms with Gasteiger partial charge >= 0.3 is 0 Å².